The molecule has 10 heteroatoms. The highest BCUT2D eigenvalue weighted by molar-refractivity contribution is 7.80. The number of benzene rings is 1. The third-order valence-electron chi connectivity index (χ3n) is 4.76. The van der Waals surface area contributed by atoms with Gasteiger partial charge < -0.3 is 14.4 Å². The molecule has 1 aliphatic heterocycles. The van der Waals surface area contributed by atoms with Crippen LogP contribution < -0.4 is 14.4 Å². The molecular formula is C21H20N6O3S. The zero-order valence-electron chi connectivity index (χ0n) is 17.0. The lowest BCUT2D eigenvalue weighted by molar-refractivity contribution is 0.0993. The summed E-state index contributed by atoms with van der Waals surface area (Å²) in [5, 5.41) is 4.23. The fourth-order valence-corrected chi connectivity index (χ4v) is 3.37. The van der Waals surface area contributed by atoms with E-state index in [0.717, 1.165) is 11.3 Å². The van der Waals surface area contributed by atoms with Crippen LogP contribution in [0.3, 0.4) is 0 Å². The highest BCUT2D eigenvalue weighted by atomic mass is 32.1. The molecule has 3 heterocycles. The number of thiocarbonyl (C=S) groups is 1. The first kappa shape index (κ1) is 20.6. The fourth-order valence-electron chi connectivity index (χ4n) is 3.15. The maximum Gasteiger partial charge on any atom is 0.316 e. The van der Waals surface area contributed by atoms with E-state index in [2.05, 4.69) is 20.1 Å². The Hall–Kier alpha value is -3.66. The number of aromatic nitrogens is 4. The van der Waals surface area contributed by atoms with Gasteiger partial charge >= 0.3 is 5.91 Å². The van der Waals surface area contributed by atoms with Gasteiger partial charge in [0.1, 0.15) is 18.7 Å². The highest BCUT2D eigenvalue weighted by Gasteiger charge is 2.26. The maximum absolute atomic E-state index is 12.5. The van der Waals surface area contributed by atoms with Gasteiger partial charge in [-0.15, -0.1) is 5.10 Å². The van der Waals surface area contributed by atoms with Crippen molar-refractivity contribution < 1.29 is 14.3 Å². The number of hydrogen-bond donors (Lipinski definition) is 0. The Morgan fingerprint density at radius 2 is 2.16 bits per heavy atom. The molecule has 3 aromatic rings. The van der Waals surface area contributed by atoms with Crippen LogP contribution in [-0.4, -0.2) is 57.6 Å². The van der Waals surface area contributed by atoms with E-state index in [4.69, 9.17) is 21.7 Å². The molecule has 0 saturated carbocycles. The normalized spacial score (nSPS) is 16.0. The third-order valence-corrected chi connectivity index (χ3v) is 5.34. The van der Waals surface area contributed by atoms with Crippen LogP contribution in [0.25, 0.3) is 0 Å². The van der Waals surface area contributed by atoms with Gasteiger partial charge in [0.2, 0.25) is 5.82 Å². The minimum absolute atomic E-state index is 0.00455. The van der Waals surface area contributed by atoms with Crippen LogP contribution in [0.4, 0.5) is 5.82 Å². The molecule has 9 nitrogen and oxygen atoms in total. The van der Waals surface area contributed by atoms with Crippen molar-refractivity contribution in [3.8, 4) is 11.5 Å². The van der Waals surface area contributed by atoms with Crippen LogP contribution in [0.15, 0.2) is 53.9 Å². The van der Waals surface area contributed by atoms with Crippen LogP contribution in [0.1, 0.15) is 16.2 Å². The lowest BCUT2D eigenvalue weighted by Crippen LogP contribution is -2.33. The second-order valence-corrected chi connectivity index (χ2v) is 7.22. The van der Waals surface area contributed by atoms with E-state index in [9.17, 15) is 4.79 Å². The summed E-state index contributed by atoms with van der Waals surface area (Å²) >= 11 is 5.54. The molecule has 31 heavy (non-hydrogen) atoms. The Labute approximate surface area is 184 Å². The number of para-hydroxylation sites is 1. The van der Waals surface area contributed by atoms with Crippen molar-refractivity contribution >= 4 is 35.1 Å². The van der Waals surface area contributed by atoms with E-state index in [1.165, 1.54) is 12.5 Å². The molecule has 1 aromatic carbocycles. The first-order chi connectivity index (χ1) is 15.1. The number of ether oxygens (including phenoxy) is 2. The Balaban J connectivity index is 1.45. The average molecular weight is 436 g/mol. The van der Waals surface area contributed by atoms with E-state index in [0.29, 0.717) is 23.1 Å². The minimum Gasteiger partial charge on any atom is -0.496 e. The van der Waals surface area contributed by atoms with Gasteiger partial charge in [-0.1, -0.05) is 30.4 Å². The second-order valence-electron chi connectivity index (χ2n) is 6.80. The zero-order valence-corrected chi connectivity index (χ0v) is 17.8. The quantitative estimate of drug-likeness (QED) is 0.445. The first-order valence-corrected chi connectivity index (χ1v) is 9.93. The topological polar surface area (TPSA) is 94.7 Å². The number of fused-ring (bicyclic) bond motifs is 1. The molecule has 0 spiro atoms. The van der Waals surface area contributed by atoms with Gasteiger partial charge in [0.05, 0.1) is 24.6 Å². The number of methoxy groups -OCH3 is 1. The zero-order chi connectivity index (χ0) is 21.8. The maximum atomic E-state index is 12.5. The van der Waals surface area contributed by atoms with Gasteiger partial charge in [0, 0.05) is 25.0 Å². The number of pyridine rings is 1. The molecule has 0 aliphatic carbocycles. The van der Waals surface area contributed by atoms with Crippen molar-refractivity contribution in [1.29, 1.82) is 0 Å². The van der Waals surface area contributed by atoms with Gasteiger partial charge in [-0.05, 0) is 18.2 Å². The van der Waals surface area contributed by atoms with Crippen molar-refractivity contribution in [3.05, 3.63) is 60.3 Å². The van der Waals surface area contributed by atoms with Crippen molar-refractivity contribution in [1.82, 2.24) is 19.7 Å². The summed E-state index contributed by atoms with van der Waals surface area (Å²) in [6.07, 6.45) is 4.64. The molecular weight excluding hydrogens is 416 g/mol. The minimum atomic E-state index is -0.552. The molecule has 0 saturated heterocycles. The molecule has 0 unspecified atom stereocenters. The van der Waals surface area contributed by atoms with Crippen molar-refractivity contribution in [2.45, 2.75) is 6.54 Å². The van der Waals surface area contributed by atoms with Gasteiger partial charge in [0.15, 0.2) is 11.6 Å². The van der Waals surface area contributed by atoms with Gasteiger partial charge in [-0.2, -0.15) is 0 Å². The van der Waals surface area contributed by atoms with Crippen LogP contribution in [0.5, 0.6) is 11.5 Å². The summed E-state index contributed by atoms with van der Waals surface area (Å²) in [4.78, 5) is 27.2. The Morgan fingerprint density at radius 1 is 1.32 bits per heavy atom. The predicted octanol–water partition coefficient (Wildman–Crippen LogP) is 2.41. The van der Waals surface area contributed by atoms with Crippen molar-refractivity contribution in [2.75, 3.05) is 25.7 Å². The SMILES string of the molecule is COc1ccccc1Cn1cnc(C(=O)/N=C\[C@H]2COc3cccnc3N(C)C2=S)n1. The van der Waals surface area contributed by atoms with E-state index in [1.54, 1.807) is 29.0 Å². The molecule has 1 aliphatic rings. The van der Waals surface area contributed by atoms with Crippen LogP contribution >= 0.6 is 12.2 Å². The molecule has 0 fully saturated rings. The van der Waals surface area contributed by atoms with E-state index >= 15 is 0 Å². The summed E-state index contributed by atoms with van der Waals surface area (Å²) in [5.74, 6) is 1.09. The van der Waals surface area contributed by atoms with Crippen molar-refractivity contribution in [2.24, 2.45) is 10.9 Å². The lowest BCUT2D eigenvalue weighted by atomic mass is 10.1. The Kier molecular flexibility index (Phi) is 5.99. The monoisotopic (exact) mass is 436 g/mol. The molecule has 1 atom stereocenters. The molecule has 0 N–H and O–H groups in total. The number of amides is 1. The third kappa shape index (κ3) is 4.43. The van der Waals surface area contributed by atoms with Crippen LogP contribution in [-0.2, 0) is 6.54 Å². The number of carbonyl (C=O) groups excluding carboxylic acids is 1. The van der Waals surface area contributed by atoms with Crippen molar-refractivity contribution in [3.63, 3.8) is 0 Å². The standard InChI is InChI=1S/C21H20N6O3S/c1-26-19-17(8-5-9-22-19)30-12-15(21(26)31)10-23-20(28)18-24-13-27(25-18)11-14-6-3-4-7-16(14)29-2/h3-10,13,15H,11-12H2,1-2H3/b23-10-/t15-/m0/s1. The summed E-state index contributed by atoms with van der Waals surface area (Å²) in [5.41, 5.74) is 0.926. The van der Waals surface area contributed by atoms with Gasteiger partial charge in [0.25, 0.3) is 0 Å². The lowest BCUT2D eigenvalue weighted by Gasteiger charge is -2.19. The molecule has 0 bridgehead atoms. The molecule has 158 valence electrons. The fraction of sp³-hybridized carbons (Fsp3) is 0.238. The van der Waals surface area contributed by atoms with Gasteiger partial charge in [-0.3, -0.25) is 4.79 Å². The van der Waals surface area contributed by atoms with E-state index < -0.39 is 5.91 Å². The number of hydrogen-bond acceptors (Lipinski definition) is 7. The molecule has 0 radical (unpaired) electrons. The number of carbonyl (C=O) groups is 1. The van der Waals surface area contributed by atoms with E-state index in [1.807, 2.05) is 37.4 Å². The molecule has 1 amide bonds. The highest BCUT2D eigenvalue weighted by Crippen LogP contribution is 2.29. The predicted molar refractivity (Wildman–Crippen MR) is 119 cm³/mol. The summed E-state index contributed by atoms with van der Waals surface area (Å²) in [7, 11) is 3.42. The average Bonchev–Trinajstić information content (AvgIpc) is 3.23. The smallest absolute Gasteiger partial charge is 0.316 e. The largest absolute Gasteiger partial charge is 0.496 e. The first-order valence-electron chi connectivity index (χ1n) is 9.52. The number of nitrogens with zero attached hydrogens (tertiary/aromatic N) is 6. The van der Waals surface area contributed by atoms with Crippen LogP contribution in [0.2, 0.25) is 0 Å². The number of rotatable bonds is 5. The number of aliphatic imine (C=N–C) groups is 1. The summed E-state index contributed by atoms with van der Waals surface area (Å²) in [6.45, 7) is 0.679. The Morgan fingerprint density at radius 3 is 3.00 bits per heavy atom. The molecule has 4 rings (SSSR count). The second kappa shape index (κ2) is 9.00. The summed E-state index contributed by atoms with van der Waals surface area (Å²) < 4.78 is 12.7. The van der Waals surface area contributed by atoms with Crippen LogP contribution in [0, 0.1) is 5.92 Å². The molecule has 2 aromatic heterocycles. The number of anilines is 1. The Bertz CT molecular complexity index is 1150. The van der Waals surface area contributed by atoms with Gasteiger partial charge in [-0.25, -0.2) is 19.6 Å². The van der Waals surface area contributed by atoms with E-state index in [-0.39, 0.29) is 18.3 Å². The summed E-state index contributed by atoms with van der Waals surface area (Å²) in [6, 6.07) is 11.2.